The second-order valence-electron chi connectivity index (χ2n) is 7.24. The van der Waals surface area contributed by atoms with Gasteiger partial charge in [-0.2, -0.15) is 0 Å². The highest BCUT2D eigenvalue weighted by Crippen LogP contribution is 2.33. The van der Waals surface area contributed by atoms with Crippen LogP contribution in [0.3, 0.4) is 0 Å². The van der Waals surface area contributed by atoms with Gasteiger partial charge in [-0.25, -0.2) is 8.42 Å². The molecular formula is C23H17ClN2O6S. The monoisotopic (exact) mass is 484 g/mol. The van der Waals surface area contributed by atoms with Gasteiger partial charge in [-0.1, -0.05) is 11.6 Å². The third-order valence-corrected chi connectivity index (χ3v) is 6.54. The Bertz CT molecular complexity index is 1460. The summed E-state index contributed by atoms with van der Waals surface area (Å²) in [5, 5.41) is 3.98. The highest BCUT2D eigenvalue weighted by molar-refractivity contribution is 7.92. The molecule has 168 valence electrons. The highest BCUT2D eigenvalue weighted by atomic mass is 35.5. The van der Waals surface area contributed by atoms with Gasteiger partial charge in [0.05, 0.1) is 4.90 Å². The molecule has 3 aromatic carbocycles. The number of ether oxygens (including phenoxy) is 2. The van der Waals surface area contributed by atoms with Gasteiger partial charge >= 0.3 is 0 Å². The number of carbonyl (C=O) groups is 1. The highest BCUT2D eigenvalue weighted by Gasteiger charge is 2.20. The first-order valence-electron chi connectivity index (χ1n) is 9.90. The normalized spacial score (nSPS) is 13.0. The van der Waals surface area contributed by atoms with Crippen molar-refractivity contribution in [2.45, 2.75) is 4.90 Å². The molecule has 8 nitrogen and oxygen atoms in total. The van der Waals surface area contributed by atoms with Crippen LogP contribution in [0.5, 0.6) is 11.5 Å². The van der Waals surface area contributed by atoms with Crippen LogP contribution in [0.15, 0.2) is 76.0 Å². The van der Waals surface area contributed by atoms with Crippen molar-refractivity contribution in [2.24, 2.45) is 0 Å². The number of halogens is 1. The summed E-state index contributed by atoms with van der Waals surface area (Å²) in [5.41, 5.74) is 1.36. The summed E-state index contributed by atoms with van der Waals surface area (Å²) in [6.45, 7) is 0.782. The van der Waals surface area contributed by atoms with E-state index in [4.69, 9.17) is 25.5 Å². The second kappa shape index (κ2) is 8.34. The van der Waals surface area contributed by atoms with Crippen molar-refractivity contribution in [3.8, 4) is 11.5 Å². The zero-order chi connectivity index (χ0) is 23.0. The lowest BCUT2D eigenvalue weighted by Crippen LogP contribution is -2.17. The molecule has 0 radical (unpaired) electrons. The van der Waals surface area contributed by atoms with Gasteiger partial charge in [-0.15, -0.1) is 0 Å². The molecule has 33 heavy (non-hydrogen) atoms. The topological polar surface area (TPSA) is 107 Å². The minimum atomic E-state index is -3.84. The van der Waals surface area contributed by atoms with E-state index in [-0.39, 0.29) is 10.7 Å². The minimum absolute atomic E-state index is 0.0501. The Morgan fingerprint density at radius 2 is 1.58 bits per heavy atom. The number of furan rings is 1. The Labute approximate surface area is 194 Å². The first kappa shape index (κ1) is 21.2. The zero-order valence-electron chi connectivity index (χ0n) is 17.0. The molecule has 10 heteroatoms. The smallest absolute Gasteiger partial charge is 0.291 e. The number of hydrogen-bond acceptors (Lipinski definition) is 6. The van der Waals surface area contributed by atoms with Gasteiger partial charge in [-0.05, 0) is 60.7 Å². The predicted molar refractivity (Wildman–Crippen MR) is 124 cm³/mol. The Morgan fingerprint density at radius 1 is 0.848 bits per heavy atom. The Hall–Kier alpha value is -3.69. The number of hydrogen-bond donors (Lipinski definition) is 2. The SMILES string of the molecule is O=C(Nc1ccc(NS(=O)(=O)c2ccc3c(c2)OCCO3)cc1)c1cc2cc(Cl)ccc2o1. The molecule has 1 aliphatic rings. The summed E-state index contributed by atoms with van der Waals surface area (Å²) < 4.78 is 44.4. The molecule has 0 aliphatic carbocycles. The summed E-state index contributed by atoms with van der Waals surface area (Å²) in [4.78, 5) is 12.6. The number of amides is 1. The van der Waals surface area contributed by atoms with Crippen LogP contribution in [0.2, 0.25) is 5.02 Å². The number of sulfonamides is 1. The molecule has 0 saturated carbocycles. The van der Waals surface area contributed by atoms with Crippen LogP contribution in [0.4, 0.5) is 11.4 Å². The van der Waals surface area contributed by atoms with Gasteiger partial charge in [-0.3, -0.25) is 9.52 Å². The largest absolute Gasteiger partial charge is 0.486 e. The molecule has 1 amide bonds. The van der Waals surface area contributed by atoms with Gasteiger partial charge in [0.2, 0.25) is 0 Å². The average molecular weight is 485 g/mol. The van der Waals surface area contributed by atoms with Gasteiger partial charge in [0.1, 0.15) is 18.8 Å². The van der Waals surface area contributed by atoms with Crippen molar-refractivity contribution in [3.63, 3.8) is 0 Å². The second-order valence-corrected chi connectivity index (χ2v) is 9.35. The van der Waals surface area contributed by atoms with Crippen molar-refractivity contribution < 1.29 is 27.1 Å². The van der Waals surface area contributed by atoms with Crippen molar-refractivity contribution in [2.75, 3.05) is 23.3 Å². The number of fused-ring (bicyclic) bond motifs is 2. The summed E-state index contributed by atoms with van der Waals surface area (Å²) >= 11 is 5.97. The third-order valence-electron chi connectivity index (χ3n) is 4.92. The van der Waals surface area contributed by atoms with E-state index in [1.54, 1.807) is 54.6 Å². The minimum Gasteiger partial charge on any atom is -0.486 e. The van der Waals surface area contributed by atoms with Crippen LogP contribution in [0.25, 0.3) is 11.0 Å². The molecule has 0 saturated heterocycles. The fourth-order valence-electron chi connectivity index (χ4n) is 3.35. The first-order valence-corrected chi connectivity index (χ1v) is 11.8. The number of carbonyl (C=O) groups excluding carboxylic acids is 1. The fourth-order valence-corrected chi connectivity index (χ4v) is 4.60. The lowest BCUT2D eigenvalue weighted by Gasteiger charge is -2.19. The molecule has 5 rings (SSSR count). The van der Waals surface area contributed by atoms with Crippen molar-refractivity contribution in [1.29, 1.82) is 0 Å². The molecule has 2 heterocycles. The maximum atomic E-state index is 12.7. The molecular weight excluding hydrogens is 468 g/mol. The number of anilines is 2. The molecule has 0 fully saturated rings. The standard InChI is InChI=1S/C23H17ClN2O6S/c24-15-1-7-19-14(11-15)12-22(32-19)23(27)25-16-2-4-17(5-3-16)26-33(28,29)18-6-8-20-21(13-18)31-10-9-30-20/h1-8,11-13,26H,9-10H2,(H,25,27). The molecule has 1 aliphatic heterocycles. The summed E-state index contributed by atoms with van der Waals surface area (Å²) in [5.74, 6) is 0.588. The maximum absolute atomic E-state index is 12.7. The van der Waals surface area contributed by atoms with Gasteiger partial charge in [0.15, 0.2) is 17.3 Å². The summed E-state index contributed by atoms with van der Waals surface area (Å²) in [7, 11) is -3.84. The van der Waals surface area contributed by atoms with E-state index in [1.165, 1.54) is 12.1 Å². The van der Waals surface area contributed by atoms with Crippen LogP contribution in [-0.2, 0) is 10.0 Å². The summed E-state index contributed by atoms with van der Waals surface area (Å²) in [6, 6.07) is 17.4. The maximum Gasteiger partial charge on any atom is 0.291 e. The Kier molecular flexibility index (Phi) is 5.35. The van der Waals surface area contributed by atoms with E-state index in [2.05, 4.69) is 10.0 Å². The van der Waals surface area contributed by atoms with Crippen LogP contribution in [0, 0.1) is 0 Å². The average Bonchev–Trinajstić information content (AvgIpc) is 3.23. The van der Waals surface area contributed by atoms with E-state index in [9.17, 15) is 13.2 Å². The van der Waals surface area contributed by atoms with Gasteiger partial charge in [0.25, 0.3) is 15.9 Å². The van der Waals surface area contributed by atoms with Gasteiger partial charge < -0.3 is 19.2 Å². The molecule has 0 atom stereocenters. The number of rotatable bonds is 5. The van der Waals surface area contributed by atoms with Crippen LogP contribution in [-0.4, -0.2) is 27.5 Å². The molecule has 1 aromatic heterocycles. The van der Waals surface area contributed by atoms with Crippen molar-refractivity contribution >= 4 is 49.9 Å². The number of benzene rings is 3. The lowest BCUT2D eigenvalue weighted by atomic mass is 10.2. The van der Waals surface area contributed by atoms with Crippen molar-refractivity contribution in [1.82, 2.24) is 0 Å². The Morgan fingerprint density at radius 3 is 2.36 bits per heavy atom. The predicted octanol–water partition coefficient (Wildman–Crippen LogP) is 4.91. The first-order chi connectivity index (χ1) is 15.9. The number of nitrogens with one attached hydrogen (secondary N) is 2. The molecule has 2 N–H and O–H groups in total. The fraction of sp³-hybridized carbons (Fsp3) is 0.0870. The Balaban J connectivity index is 1.28. The molecule has 0 unspecified atom stereocenters. The molecule has 4 aromatic rings. The summed E-state index contributed by atoms with van der Waals surface area (Å²) in [6.07, 6.45) is 0. The zero-order valence-corrected chi connectivity index (χ0v) is 18.6. The van der Waals surface area contributed by atoms with E-state index in [0.29, 0.717) is 46.7 Å². The van der Waals surface area contributed by atoms with E-state index >= 15 is 0 Å². The van der Waals surface area contributed by atoms with E-state index in [0.717, 1.165) is 5.39 Å². The van der Waals surface area contributed by atoms with Crippen LogP contribution < -0.4 is 19.5 Å². The quantitative estimate of drug-likeness (QED) is 0.417. The van der Waals surface area contributed by atoms with Crippen LogP contribution >= 0.6 is 11.6 Å². The van der Waals surface area contributed by atoms with Crippen molar-refractivity contribution in [3.05, 3.63) is 77.5 Å². The lowest BCUT2D eigenvalue weighted by molar-refractivity contribution is 0.0998. The molecule has 0 spiro atoms. The van der Waals surface area contributed by atoms with E-state index in [1.807, 2.05) is 0 Å². The molecule has 0 bridgehead atoms. The third kappa shape index (κ3) is 4.46. The van der Waals surface area contributed by atoms with E-state index < -0.39 is 15.9 Å². The van der Waals surface area contributed by atoms with Crippen LogP contribution in [0.1, 0.15) is 10.6 Å². The van der Waals surface area contributed by atoms with Gasteiger partial charge in [0, 0.05) is 27.8 Å².